The lowest BCUT2D eigenvalue weighted by Crippen LogP contribution is -2.40. The molecular formula is C15H15N3O3. The van der Waals surface area contributed by atoms with E-state index in [0.29, 0.717) is 17.8 Å². The normalized spacial score (nSPS) is 17.4. The first-order valence-corrected chi connectivity index (χ1v) is 6.67. The average molecular weight is 285 g/mol. The second-order valence-electron chi connectivity index (χ2n) is 5.18. The molecule has 1 aliphatic rings. The number of hydrogen-bond donors (Lipinski definition) is 2. The Morgan fingerprint density at radius 3 is 2.81 bits per heavy atom. The fourth-order valence-electron chi connectivity index (χ4n) is 2.71. The summed E-state index contributed by atoms with van der Waals surface area (Å²) in [6.45, 7) is 2.37. The third-order valence-corrected chi connectivity index (χ3v) is 3.84. The Balaban J connectivity index is 1.95. The molecular weight excluding hydrogens is 270 g/mol. The zero-order chi connectivity index (χ0) is 15.0. The number of rotatable bonds is 2. The van der Waals surface area contributed by atoms with Crippen LogP contribution in [0.1, 0.15) is 33.1 Å². The smallest absolute Gasteiger partial charge is 0.312 e. The number of carbonyl (C=O) groups excluding carboxylic acids is 1. The molecule has 1 aliphatic heterocycles. The van der Waals surface area contributed by atoms with Gasteiger partial charge in [0.25, 0.3) is 5.91 Å². The van der Waals surface area contributed by atoms with Gasteiger partial charge in [-0.05, 0) is 18.1 Å². The fraction of sp³-hybridized carbons (Fsp3) is 0.267. The van der Waals surface area contributed by atoms with E-state index in [1.165, 1.54) is 6.20 Å². The van der Waals surface area contributed by atoms with E-state index in [1.54, 1.807) is 11.8 Å². The predicted octanol–water partition coefficient (Wildman–Crippen LogP) is 1.54. The Morgan fingerprint density at radius 1 is 1.38 bits per heavy atom. The van der Waals surface area contributed by atoms with Crippen molar-refractivity contribution in [3.63, 3.8) is 0 Å². The number of carbonyl (C=O) groups is 2. The molecule has 1 unspecified atom stereocenters. The Hall–Kier alpha value is -2.63. The molecule has 3 rings (SSSR count). The van der Waals surface area contributed by atoms with Gasteiger partial charge in [-0.25, -0.2) is 0 Å². The zero-order valence-electron chi connectivity index (χ0n) is 11.5. The van der Waals surface area contributed by atoms with Crippen molar-refractivity contribution >= 4 is 11.9 Å². The van der Waals surface area contributed by atoms with Crippen molar-refractivity contribution in [2.24, 2.45) is 0 Å². The third-order valence-electron chi connectivity index (χ3n) is 3.84. The van der Waals surface area contributed by atoms with Crippen LogP contribution in [0, 0.1) is 6.92 Å². The summed E-state index contributed by atoms with van der Waals surface area (Å²) in [5.41, 5.74) is 2.84. The molecule has 6 nitrogen and oxygen atoms in total. The molecule has 2 N–H and O–H groups in total. The minimum absolute atomic E-state index is 0.176. The number of fused-ring (bicyclic) bond motifs is 1. The topological polar surface area (TPSA) is 86.3 Å². The van der Waals surface area contributed by atoms with Crippen LogP contribution in [0.15, 0.2) is 30.5 Å². The van der Waals surface area contributed by atoms with Gasteiger partial charge in [-0.3, -0.25) is 14.7 Å². The summed E-state index contributed by atoms with van der Waals surface area (Å²) >= 11 is 0. The van der Waals surface area contributed by atoms with Gasteiger partial charge in [-0.2, -0.15) is 5.10 Å². The predicted molar refractivity (Wildman–Crippen MR) is 74.9 cm³/mol. The number of aromatic amines is 1. The molecule has 21 heavy (non-hydrogen) atoms. The highest BCUT2D eigenvalue weighted by Gasteiger charge is 2.33. The van der Waals surface area contributed by atoms with Gasteiger partial charge in [-0.1, -0.05) is 24.3 Å². The lowest BCUT2D eigenvalue weighted by molar-refractivity contribution is -0.139. The molecule has 1 atom stereocenters. The van der Waals surface area contributed by atoms with Gasteiger partial charge in [0, 0.05) is 18.8 Å². The number of carboxylic acids is 1. The summed E-state index contributed by atoms with van der Waals surface area (Å²) in [4.78, 5) is 25.6. The fourth-order valence-corrected chi connectivity index (χ4v) is 2.71. The van der Waals surface area contributed by atoms with Crippen molar-refractivity contribution in [1.29, 1.82) is 0 Å². The van der Waals surface area contributed by atoms with Crippen molar-refractivity contribution in [2.75, 3.05) is 6.54 Å². The van der Waals surface area contributed by atoms with E-state index in [0.717, 1.165) is 11.1 Å². The minimum Gasteiger partial charge on any atom is -0.481 e. The second-order valence-corrected chi connectivity index (χ2v) is 5.18. The third kappa shape index (κ3) is 2.29. The van der Waals surface area contributed by atoms with Crippen LogP contribution in [0.4, 0.5) is 0 Å². The number of nitrogens with one attached hydrogen (secondary N) is 1. The molecule has 1 amide bonds. The number of aryl methyl sites for hydroxylation is 1. The first-order valence-electron chi connectivity index (χ1n) is 6.67. The molecule has 2 heterocycles. The first-order chi connectivity index (χ1) is 10.1. The van der Waals surface area contributed by atoms with Gasteiger partial charge in [0.2, 0.25) is 0 Å². The lowest BCUT2D eigenvalue weighted by atomic mass is 9.89. The van der Waals surface area contributed by atoms with Crippen LogP contribution < -0.4 is 0 Å². The largest absolute Gasteiger partial charge is 0.481 e. The molecule has 108 valence electrons. The van der Waals surface area contributed by atoms with Crippen LogP contribution in [-0.4, -0.2) is 38.6 Å². The second kappa shape index (κ2) is 5.05. The van der Waals surface area contributed by atoms with E-state index in [-0.39, 0.29) is 12.5 Å². The van der Waals surface area contributed by atoms with Crippen LogP contribution in [0.2, 0.25) is 0 Å². The maximum atomic E-state index is 12.5. The zero-order valence-corrected chi connectivity index (χ0v) is 11.5. The number of H-pyrrole nitrogens is 1. The Bertz CT molecular complexity index is 708. The highest BCUT2D eigenvalue weighted by atomic mass is 16.4. The standard InChI is InChI=1S/C15H15N3O3/c1-9-12(6-16-17-9)14(19)18-7-10-4-2-3-5-11(10)13(8-18)15(20)21/h2-6,13H,7-8H2,1H3,(H,16,17)(H,20,21). The quantitative estimate of drug-likeness (QED) is 0.876. The number of aromatic nitrogens is 2. The summed E-state index contributed by atoms with van der Waals surface area (Å²) in [6.07, 6.45) is 1.48. The van der Waals surface area contributed by atoms with Crippen molar-refractivity contribution in [3.05, 3.63) is 52.8 Å². The molecule has 0 spiro atoms. The van der Waals surface area contributed by atoms with E-state index in [4.69, 9.17) is 0 Å². The van der Waals surface area contributed by atoms with Gasteiger partial charge in [0.15, 0.2) is 0 Å². The van der Waals surface area contributed by atoms with E-state index >= 15 is 0 Å². The van der Waals surface area contributed by atoms with Crippen LogP contribution in [-0.2, 0) is 11.3 Å². The van der Waals surface area contributed by atoms with E-state index in [1.807, 2.05) is 24.3 Å². The highest BCUT2D eigenvalue weighted by molar-refractivity contribution is 5.95. The Kier molecular flexibility index (Phi) is 3.21. The summed E-state index contributed by atoms with van der Waals surface area (Å²) in [6, 6.07) is 7.37. The minimum atomic E-state index is -0.913. The van der Waals surface area contributed by atoms with Crippen LogP contribution in [0.25, 0.3) is 0 Å². The monoisotopic (exact) mass is 285 g/mol. The van der Waals surface area contributed by atoms with E-state index in [9.17, 15) is 14.7 Å². The van der Waals surface area contributed by atoms with Crippen molar-refractivity contribution in [2.45, 2.75) is 19.4 Å². The molecule has 0 radical (unpaired) electrons. The number of hydrogen-bond acceptors (Lipinski definition) is 3. The van der Waals surface area contributed by atoms with Crippen molar-refractivity contribution in [3.8, 4) is 0 Å². The van der Waals surface area contributed by atoms with Crippen LogP contribution in [0.3, 0.4) is 0 Å². The summed E-state index contributed by atoms with van der Waals surface area (Å²) < 4.78 is 0. The Morgan fingerprint density at radius 2 is 2.14 bits per heavy atom. The molecule has 1 aromatic heterocycles. The summed E-state index contributed by atoms with van der Waals surface area (Å²) in [5.74, 6) is -1.79. The lowest BCUT2D eigenvalue weighted by Gasteiger charge is -2.32. The number of nitrogens with zero attached hydrogens (tertiary/aromatic N) is 2. The number of amides is 1. The van der Waals surface area contributed by atoms with Crippen molar-refractivity contribution < 1.29 is 14.7 Å². The van der Waals surface area contributed by atoms with Gasteiger partial charge in [-0.15, -0.1) is 0 Å². The molecule has 0 saturated carbocycles. The number of benzene rings is 1. The molecule has 0 saturated heterocycles. The highest BCUT2D eigenvalue weighted by Crippen LogP contribution is 2.29. The van der Waals surface area contributed by atoms with Gasteiger partial charge in [0.05, 0.1) is 17.7 Å². The summed E-state index contributed by atoms with van der Waals surface area (Å²) in [5, 5.41) is 16.0. The first kappa shape index (κ1) is 13.4. The van der Waals surface area contributed by atoms with Crippen molar-refractivity contribution in [1.82, 2.24) is 15.1 Å². The molecule has 1 aromatic carbocycles. The van der Waals surface area contributed by atoms with E-state index in [2.05, 4.69) is 10.2 Å². The van der Waals surface area contributed by atoms with Gasteiger partial charge < -0.3 is 10.0 Å². The number of aliphatic carboxylic acids is 1. The van der Waals surface area contributed by atoms with Gasteiger partial charge in [0.1, 0.15) is 0 Å². The number of carboxylic acid groups (broad SMARTS) is 1. The Labute approximate surface area is 121 Å². The molecule has 0 bridgehead atoms. The maximum Gasteiger partial charge on any atom is 0.312 e. The van der Waals surface area contributed by atoms with E-state index < -0.39 is 11.9 Å². The molecule has 0 fully saturated rings. The molecule has 6 heteroatoms. The SMILES string of the molecule is Cc1[nH]ncc1C(=O)N1Cc2ccccc2C(C(=O)O)C1. The maximum absolute atomic E-state index is 12.5. The molecule has 0 aliphatic carbocycles. The van der Waals surface area contributed by atoms with Crippen LogP contribution in [0.5, 0.6) is 0 Å². The molecule has 2 aromatic rings. The average Bonchev–Trinajstić information content (AvgIpc) is 2.91. The van der Waals surface area contributed by atoms with Crippen LogP contribution >= 0.6 is 0 Å². The summed E-state index contributed by atoms with van der Waals surface area (Å²) in [7, 11) is 0. The van der Waals surface area contributed by atoms with Gasteiger partial charge >= 0.3 is 5.97 Å².